The molecule has 0 N–H and O–H groups in total. The van der Waals surface area contributed by atoms with Crippen LogP contribution < -0.4 is 4.90 Å². The van der Waals surface area contributed by atoms with Gasteiger partial charge in [-0.3, -0.25) is 0 Å². The van der Waals surface area contributed by atoms with E-state index in [1.807, 2.05) is 6.08 Å². The summed E-state index contributed by atoms with van der Waals surface area (Å²) in [4.78, 5) is 2.39. The highest BCUT2D eigenvalue weighted by Crippen LogP contribution is 2.36. The summed E-state index contributed by atoms with van der Waals surface area (Å²) in [6.45, 7) is 10.2. The van der Waals surface area contributed by atoms with Crippen molar-refractivity contribution in [3.8, 4) is 17.2 Å². The highest BCUT2D eigenvalue weighted by Gasteiger charge is 2.20. The molecule has 2 aromatic rings. The third kappa shape index (κ3) is 3.46. The first-order valence-corrected chi connectivity index (χ1v) is 9.15. The largest absolute Gasteiger partial charge is 0.370 e. The van der Waals surface area contributed by atoms with E-state index >= 15 is 0 Å². The molecule has 2 aromatic carbocycles. The third-order valence-electron chi connectivity index (χ3n) is 5.21. The second kappa shape index (κ2) is 7.57. The lowest BCUT2D eigenvalue weighted by Gasteiger charge is -2.31. The van der Waals surface area contributed by atoms with Crippen molar-refractivity contribution in [1.82, 2.24) is 0 Å². The Kier molecular flexibility index (Phi) is 5.24. The molecule has 25 heavy (non-hydrogen) atoms. The van der Waals surface area contributed by atoms with Gasteiger partial charge in [0.1, 0.15) is 6.07 Å². The van der Waals surface area contributed by atoms with Crippen LogP contribution in [-0.4, -0.2) is 13.1 Å². The Bertz CT molecular complexity index is 803. The Morgan fingerprint density at radius 3 is 2.40 bits per heavy atom. The van der Waals surface area contributed by atoms with Crippen molar-refractivity contribution >= 4 is 5.69 Å². The van der Waals surface area contributed by atoms with E-state index in [1.54, 1.807) is 0 Å². The molecule has 2 nitrogen and oxygen atoms in total. The average Bonchev–Trinajstić information content (AvgIpc) is 2.64. The Morgan fingerprint density at radius 1 is 1.12 bits per heavy atom. The predicted molar refractivity (Wildman–Crippen MR) is 106 cm³/mol. The normalized spacial score (nSPS) is 14.2. The minimum absolute atomic E-state index is 0.782. The maximum absolute atomic E-state index is 9.82. The lowest BCUT2D eigenvalue weighted by Crippen LogP contribution is -2.30. The molecular formula is C23H26N2. The Labute approximate surface area is 151 Å². The van der Waals surface area contributed by atoms with Crippen molar-refractivity contribution < 1.29 is 0 Å². The van der Waals surface area contributed by atoms with Gasteiger partial charge in [-0.1, -0.05) is 35.9 Å². The summed E-state index contributed by atoms with van der Waals surface area (Å²) in [5, 5.41) is 9.82. The van der Waals surface area contributed by atoms with Crippen LogP contribution in [0.5, 0.6) is 0 Å². The van der Waals surface area contributed by atoms with Crippen LogP contribution in [0.15, 0.2) is 43.0 Å². The van der Waals surface area contributed by atoms with Gasteiger partial charge in [-0.2, -0.15) is 5.26 Å². The summed E-state index contributed by atoms with van der Waals surface area (Å²) in [6, 6.07) is 13.4. The molecular weight excluding hydrogens is 304 g/mol. The zero-order valence-electron chi connectivity index (χ0n) is 15.3. The molecule has 1 heterocycles. The molecule has 0 amide bonds. The van der Waals surface area contributed by atoms with Gasteiger partial charge in [0.15, 0.2) is 0 Å². The summed E-state index contributed by atoms with van der Waals surface area (Å²) in [7, 11) is 0. The molecule has 1 fully saturated rings. The molecule has 0 spiro atoms. The number of benzene rings is 2. The fraction of sp³-hybridized carbons (Fsp3) is 0.348. The number of nitrogens with zero attached hydrogens (tertiary/aromatic N) is 2. The number of anilines is 1. The quantitative estimate of drug-likeness (QED) is 0.686. The fourth-order valence-electron chi connectivity index (χ4n) is 3.76. The van der Waals surface area contributed by atoms with E-state index in [0.29, 0.717) is 0 Å². The maximum Gasteiger partial charge on any atom is 0.102 e. The zero-order chi connectivity index (χ0) is 17.8. The minimum Gasteiger partial charge on any atom is -0.370 e. The van der Waals surface area contributed by atoms with Crippen LogP contribution in [0.1, 0.15) is 41.5 Å². The molecule has 0 unspecified atom stereocenters. The Hall–Kier alpha value is -2.53. The topological polar surface area (TPSA) is 27.0 Å². The summed E-state index contributed by atoms with van der Waals surface area (Å²) in [5.74, 6) is 0. The third-order valence-corrected chi connectivity index (χ3v) is 5.21. The molecule has 0 aromatic heterocycles. The van der Waals surface area contributed by atoms with Crippen molar-refractivity contribution in [1.29, 1.82) is 5.26 Å². The molecule has 128 valence electrons. The summed E-state index contributed by atoms with van der Waals surface area (Å²) in [5.41, 5.74) is 7.95. The summed E-state index contributed by atoms with van der Waals surface area (Å²) < 4.78 is 0. The lowest BCUT2D eigenvalue weighted by atomic mass is 9.89. The van der Waals surface area contributed by atoms with Crippen LogP contribution in [0.25, 0.3) is 11.1 Å². The predicted octanol–water partition coefficient (Wildman–Crippen LogP) is 5.56. The van der Waals surface area contributed by atoms with Crippen molar-refractivity contribution in [2.75, 3.05) is 18.0 Å². The van der Waals surface area contributed by atoms with E-state index in [2.05, 4.69) is 61.7 Å². The van der Waals surface area contributed by atoms with E-state index in [-0.39, 0.29) is 0 Å². The van der Waals surface area contributed by atoms with Crippen LogP contribution >= 0.6 is 0 Å². The van der Waals surface area contributed by atoms with Gasteiger partial charge in [0, 0.05) is 13.1 Å². The molecule has 0 aliphatic carbocycles. The Balaban J connectivity index is 2.20. The van der Waals surface area contributed by atoms with Gasteiger partial charge in [0.2, 0.25) is 0 Å². The average molecular weight is 330 g/mol. The molecule has 0 saturated carbocycles. The summed E-state index contributed by atoms with van der Waals surface area (Å²) in [6.07, 6.45) is 6.42. The maximum atomic E-state index is 9.82. The van der Waals surface area contributed by atoms with Gasteiger partial charge in [0.25, 0.3) is 0 Å². The molecule has 2 heteroatoms. The molecule has 0 radical (unpaired) electrons. The van der Waals surface area contributed by atoms with E-state index < -0.39 is 0 Å². The van der Waals surface area contributed by atoms with Gasteiger partial charge in [-0.25, -0.2) is 0 Å². The van der Waals surface area contributed by atoms with Crippen LogP contribution in [0.2, 0.25) is 0 Å². The van der Waals surface area contributed by atoms with E-state index in [0.717, 1.165) is 36.3 Å². The molecule has 1 aliphatic rings. The number of hydrogen-bond donors (Lipinski definition) is 0. The number of hydrogen-bond acceptors (Lipinski definition) is 2. The monoisotopic (exact) mass is 330 g/mol. The highest BCUT2D eigenvalue weighted by molar-refractivity contribution is 5.78. The molecule has 0 atom stereocenters. The molecule has 1 saturated heterocycles. The van der Waals surface area contributed by atoms with Gasteiger partial charge in [-0.15, -0.1) is 6.58 Å². The smallest absolute Gasteiger partial charge is 0.102 e. The number of rotatable bonds is 4. The first-order chi connectivity index (χ1) is 12.2. The number of allylic oxidation sites excluding steroid dienone is 1. The lowest BCUT2D eigenvalue weighted by molar-refractivity contribution is 0.577. The SMILES string of the molecule is C=CCc1c(-c2ccc(C)cc2)cc(N2CCCCC2)c(C#N)c1C. The summed E-state index contributed by atoms with van der Waals surface area (Å²) >= 11 is 0. The van der Waals surface area contributed by atoms with Crippen molar-refractivity contribution in [3.05, 3.63) is 65.2 Å². The number of piperidine rings is 1. The zero-order valence-corrected chi connectivity index (χ0v) is 15.3. The number of aryl methyl sites for hydroxylation is 1. The fourth-order valence-corrected chi connectivity index (χ4v) is 3.76. The number of nitriles is 1. The van der Waals surface area contributed by atoms with Crippen molar-refractivity contribution in [2.24, 2.45) is 0 Å². The van der Waals surface area contributed by atoms with Gasteiger partial charge in [0.05, 0.1) is 11.3 Å². The molecule has 1 aliphatic heterocycles. The van der Waals surface area contributed by atoms with E-state index in [1.165, 1.54) is 41.5 Å². The molecule has 0 bridgehead atoms. The van der Waals surface area contributed by atoms with Crippen LogP contribution in [0.4, 0.5) is 5.69 Å². The van der Waals surface area contributed by atoms with Crippen molar-refractivity contribution in [2.45, 2.75) is 39.5 Å². The van der Waals surface area contributed by atoms with E-state index in [4.69, 9.17) is 0 Å². The first-order valence-electron chi connectivity index (χ1n) is 9.15. The highest BCUT2D eigenvalue weighted by atomic mass is 15.1. The van der Waals surface area contributed by atoms with Crippen LogP contribution in [-0.2, 0) is 6.42 Å². The Morgan fingerprint density at radius 2 is 1.80 bits per heavy atom. The van der Waals surface area contributed by atoms with Gasteiger partial charge in [-0.05, 0) is 67.9 Å². The van der Waals surface area contributed by atoms with Gasteiger partial charge < -0.3 is 4.90 Å². The minimum atomic E-state index is 0.782. The second-order valence-electron chi connectivity index (χ2n) is 6.94. The van der Waals surface area contributed by atoms with Crippen molar-refractivity contribution in [3.63, 3.8) is 0 Å². The second-order valence-corrected chi connectivity index (χ2v) is 6.94. The van der Waals surface area contributed by atoms with E-state index in [9.17, 15) is 5.26 Å². The standard InChI is InChI=1S/C23H26N2/c1-4-8-20-18(3)22(16-24)23(25-13-6-5-7-14-25)15-21(20)19-11-9-17(2)10-12-19/h4,9-12,15H,1,5-8,13-14H2,2-3H3. The first kappa shape index (κ1) is 17.3. The molecule has 3 rings (SSSR count). The van der Waals surface area contributed by atoms with Gasteiger partial charge >= 0.3 is 0 Å². The van der Waals surface area contributed by atoms with Crippen LogP contribution in [0.3, 0.4) is 0 Å². The van der Waals surface area contributed by atoms with Crippen LogP contribution in [0, 0.1) is 25.2 Å².